The Bertz CT molecular complexity index is 1370. The number of benzene rings is 2. The summed E-state index contributed by atoms with van der Waals surface area (Å²) in [6, 6.07) is 16.6. The van der Waals surface area contributed by atoms with E-state index in [-0.39, 0.29) is 17.0 Å². The lowest BCUT2D eigenvalue weighted by Gasteiger charge is -2.28. The summed E-state index contributed by atoms with van der Waals surface area (Å²) in [5.74, 6) is 1.29. The lowest BCUT2D eigenvalue weighted by atomic mass is 9.83. The Morgan fingerprint density at radius 1 is 1.03 bits per heavy atom. The SMILES string of the molecule is COc1ccc(Cn2c(C)cc3c(c2=O)[C@H](c2cc(OC)ccc2OC)C(C#N)=C(N)O3)cc1. The number of nitrogens with zero attached hydrogens (tertiary/aromatic N) is 2. The number of pyridine rings is 1. The molecule has 2 N–H and O–H groups in total. The molecular formula is C26H25N3O5. The van der Waals surface area contributed by atoms with Crippen LogP contribution in [0.15, 0.2) is 64.8 Å². The molecule has 1 aromatic heterocycles. The van der Waals surface area contributed by atoms with Crippen molar-refractivity contribution in [2.24, 2.45) is 5.73 Å². The molecule has 0 saturated carbocycles. The molecule has 4 rings (SSSR count). The molecule has 34 heavy (non-hydrogen) atoms. The molecule has 8 nitrogen and oxygen atoms in total. The molecule has 3 aromatic rings. The van der Waals surface area contributed by atoms with E-state index in [1.54, 1.807) is 43.1 Å². The molecule has 2 heterocycles. The number of aryl methyl sites for hydroxylation is 1. The molecule has 2 aromatic carbocycles. The second-order valence-electron chi connectivity index (χ2n) is 7.84. The molecule has 0 fully saturated rings. The number of hydrogen-bond donors (Lipinski definition) is 1. The highest BCUT2D eigenvalue weighted by molar-refractivity contribution is 5.59. The van der Waals surface area contributed by atoms with E-state index in [0.717, 1.165) is 11.3 Å². The monoisotopic (exact) mass is 459 g/mol. The summed E-state index contributed by atoms with van der Waals surface area (Å²) in [5, 5.41) is 9.95. The lowest BCUT2D eigenvalue weighted by Crippen LogP contribution is -2.33. The zero-order valence-corrected chi connectivity index (χ0v) is 19.4. The fourth-order valence-electron chi connectivity index (χ4n) is 4.17. The van der Waals surface area contributed by atoms with Gasteiger partial charge in [0.2, 0.25) is 5.88 Å². The fourth-order valence-corrected chi connectivity index (χ4v) is 4.17. The van der Waals surface area contributed by atoms with Crippen LogP contribution in [0, 0.1) is 18.3 Å². The molecule has 0 unspecified atom stereocenters. The number of methoxy groups -OCH3 is 3. The Kier molecular flexibility index (Phi) is 6.19. The van der Waals surface area contributed by atoms with E-state index in [0.29, 0.717) is 40.6 Å². The normalized spacial score (nSPS) is 14.6. The van der Waals surface area contributed by atoms with Gasteiger partial charge in [0.1, 0.15) is 34.6 Å². The minimum absolute atomic E-state index is 0.0448. The molecule has 1 aliphatic rings. The molecule has 1 aliphatic heterocycles. The number of fused-ring (bicyclic) bond motifs is 1. The van der Waals surface area contributed by atoms with Crippen LogP contribution in [0.2, 0.25) is 0 Å². The van der Waals surface area contributed by atoms with Gasteiger partial charge in [0.15, 0.2) is 0 Å². The average molecular weight is 460 g/mol. The lowest BCUT2D eigenvalue weighted by molar-refractivity contribution is 0.380. The van der Waals surface area contributed by atoms with Crippen LogP contribution in [0.4, 0.5) is 0 Å². The van der Waals surface area contributed by atoms with Crippen LogP contribution in [0.1, 0.15) is 28.3 Å². The number of nitrogens with two attached hydrogens (primary N) is 1. The molecule has 0 amide bonds. The van der Waals surface area contributed by atoms with E-state index in [1.165, 1.54) is 7.11 Å². The third kappa shape index (κ3) is 3.92. The highest BCUT2D eigenvalue weighted by Crippen LogP contribution is 2.44. The summed E-state index contributed by atoms with van der Waals surface area (Å²) in [4.78, 5) is 13.9. The van der Waals surface area contributed by atoms with E-state index in [2.05, 4.69) is 6.07 Å². The maximum absolute atomic E-state index is 13.9. The first-order valence-electron chi connectivity index (χ1n) is 10.6. The first kappa shape index (κ1) is 22.8. The van der Waals surface area contributed by atoms with Gasteiger partial charge >= 0.3 is 0 Å². The number of allylic oxidation sites excluding steroid dienone is 1. The van der Waals surface area contributed by atoms with Gasteiger partial charge in [-0.2, -0.15) is 5.26 Å². The third-order valence-corrected chi connectivity index (χ3v) is 5.94. The fraction of sp³-hybridized carbons (Fsp3) is 0.231. The van der Waals surface area contributed by atoms with Gasteiger partial charge in [-0.3, -0.25) is 4.79 Å². The highest BCUT2D eigenvalue weighted by Gasteiger charge is 2.36. The largest absolute Gasteiger partial charge is 0.497 e. The van der Waals surface area contributed by atoms with Crippen molar-refractivity contribution in [2.75, 3.05) is 21.3 Å². The summed E-state index contributed by atoms with van der Waals surface area (Å²) in [6.07, 6.45) is 0. The first-order valence-corrected chi connectivity index (χ1v) is 10.6. The molecule has 0 spiro atoms. The Morgan fingerprint density at radius 3 is 2.32 bits per heavy atom. The van der Waals surface area contributed by atoms with Crippen molar-refractivity contribution in [3.63, 3.8) is 0 Å². The van der Waals surface area contributed by atoms with Crippen LogP contribution in [-0.2, 0) is 6.54 Å². The van der Waals surface area contributed by atoms with Crippen molar-refractivity contribution in [2.45, 2.75) is 19.4 Å². The van der Waals surface area contributed by atoms with E-state index in [4.69, 9.17) is 24.7 Å². The Hall–Kier alpha value is -4.38. The summed E-state index contributed by atoms with van der Waals surface area (Å²) < 4.78 is 23.6. The number of rotatable bonds is 6. The molecule has 0 bridgehead atoms. The smallest absolute Gasteiger partial charge is 0.259 e. The quantitative estimate of drug-likeness (QED) is 0.601. The van der Waals surface area contributed by atoms with E-state index in [9.17, 15) is 10.1 Å². The molecular weight excluding hydrogens is 434 g/mol. The van der Waals surface area contributed by atoms with Crippen molar-refractivity contribution < 1.29 is 18.9 Å². The standard InChI is InChI=1S/C26H25N3O5/c1-15-11-22-24(26(30)29(15)14-16-5-7-17(31-2)8-6-16)23(20(13-27)25(28)34-22)19-12-18(32-3)9-10-21(19)33-4/h5-12,23H,14,28H2,1-4H3/t23-/m1/s1. The summed E-state index contributed by atoms with van der Waals surface area (Å²) in [6.45, 7) is 2.17. The van der Waals surface area contributed by atoms with E-state index >= 15 is 0 Å². The number of ether oxygens (including phenoxy) is 4. The molecule has 0 aliphatic carbocycles. The predicted octanol–water partition coefficient (Wildman–Crippen LogP) is 3.45. The predicted molar refractivity (Wildman–Crippen MR) is 126 cm³/mol. The molecule has 1 atom stereocenters. The number of nitriles is 1. The summed E-state index contributed by atoms with van der Waals surface area (Å²) in [7, 11) is 4.68. The number of aromatic nitrogens is 1. The van der Waals surface area contributed by atoms with Gasteiger partial charge in [0.05, 0.1) is 39.4 Å². The second kappa shape index (κ2) is 9.24. The highest BCUT2D eigenvalue weighted by atomic mass is 16.5. The van der Waals surface area contributed by atoms with Crippen LogP contribution in [0.3, 0.4) is 0 Å². The van der Waals surface area contributed by atoms with Gasteiger partial charge in [-0.05, 0) is 42.8 Å². The zero-order chi connectivity index (χ0) is 24.4. The van der Waals surface area contributed by atoms with Crippen LogP contribution in [0.5, 0.6) is 23.0 Å². The molecule has 174 valence electrons. The Labute approximate surface area is 197 Å². The maximum atomic E-state index is 13.9. The summed E-state index contributed by atoms with van der Waals surface area (Å²) >= 11 is 0. The van der Waals surface area contributed by atoms with Gasteiger partial charge in [-0.15, -0.1) is 0 Å². The average Bonchev–Trinajstić information content (AvgIpc) is 2.85. The number of hydrogen-bond acceptors (Lipinski definition) is 7. The van der Waals surface area contributed by atoms with Crippen molar-refractivity contribution in [1.82, 2.24) is 4.57 Å². The topological polar surface area (TPSA) is 109 Å². The van der Waals surface area contributed by atoms with Gasteiger partial charge in [-0.1, -0.05) is 12.1 Å². The Morgan fingerprint density at radius 2 is 1.71 bits per heavy atom. The van der Waals surface area contributed by atoms with Gasteiger partial charge in [0, 0.05) is 17.3 Å². The van der Waals surface area contributed by atoms with Crippen LogP contribution >= 0.6 is 0 Å². The van der Waals surface area contributed by atoms with E-state index < -0.39 is 5.92 Å². The van der Waals surface area contributed by atoms with Crippen molar-refractivity contribution in [3.05, 3.63) is 92.7 Å². The van der Waals surface area contributed by atoms with E-state index in [1.807, 2.05) is 31.2 Å². The summed E-state index contributed by atoms with van der Waals surface area (Å²) in [5.41, 5.74) is 8.51. The van der Waals surface area contributed by atoms with Crippen LogP contribution in [0.25, 0.3) is 0 Å². The van der Waals surface area contributed by atoms with Crippen LogP contribution < -0.4 is 30.2 Å². The minimum Gasteiger partial charge on any atom is -0.497 e. The van der Waals surface area contributed by atoms with Crippen molar-refractivity contribution in [3.8, 4) is 29.1 Å². The molecule has 0 saturated heterocycles. The minimum atomic E-state index is -0.783. The van der Waals surface area contributed by atoms with Crippen molar-refractivity contribution in [1.29, 1.82) is 5.26 Å². The third-order valence-electron chi connectivity index (χ3n) is 5.94. The second-order valence-corrected chi connectivity index (χ2v) is 7.84. The van der Waals surface area contributed by atoms with Crippen LogP contribution in [-0.4, -0.2) is 25.9 Å². The van der Waals surface area contributed by atoms with Gasteiger partial charge < -0.3 is 29.2 Å². The zero-order valence-electron chi connectivity index (χ0n) is 19.4. The Balaban J connectivity index is 1.93. The molecule has 0 radical (unpaired) electrons. The van der Waals surface area contributed by atoms with Gasteiger partial charge in [0.25, 0.3) is 5.56 Å². The molecule has 8 heteroatoms. The van der Waals surface area contributed by atoms with Gasteiger partial charge in [-0.25, -0.2) is 0 Å². The van der Waals surface area contributed by atoms with Crippen molar-refractivity contribution >= 4 is 0 Å². The maximum Gasteiger partial charge on any atom is 0.259 e. The first-order chi connectivity index (χ1) is 16.4.